The lowest BCUT2D eigenvalue weighted by atomic mass is 10.1. The number of halogens is 1. The minimum Gasteiger partial charge on any atom is -0.378 e. The Morgan fingerprint density at radius 3 is 2.17 bits per heavy atom. The van der Waals surface area contributed by atoms with E-state index in [2.05, 4.69) is 10.9 Å². The van der Waals surface area contributed by atoms with Crippen LogP contribution in [0, 0.1) is 10.2 Å². The van der Waals surface area contributed by atoms with E-state index in [1.807, 2.05) is 49.3 Å². The summed E-state index contributed by atoms with van der Waals surface area (Å²) < 4.78 is 36.0. The normalized spacial score (nSPS) is 13.6. The van der Waals surface area contributed by atoms with E-state index in [4.69, 9.17) is 0 Å². The molecule has 1 atom stereocenters. The number of nitrogens with zero attached hydrogens (tertiary/aromatic N) is 2. The summed E-state index contributed by atoms with van der Waals surface area (Å²) in [6.07, 6.45) is 3.66. The molecule has 0 fully saturated rings. The summed E-state index contributed by atoms with van der Waals surface area (Å²) >= 11 is 0. The van der Waals surface area contributed by atoms with Gasteiger partial charge in [0, 0.05) is 19.8 Å². The standard InChI is InChI=1S/C16H23ClN2O4/c1-13(16(19(4)5)12-23-17(20,21)22)6-7-14-8-10-15(11-9-14)18(2)3/h6-11,16H,1,12H2,2-5H3/b7-6+. The molecule has 0 saturated heterocycles. The Bertz CT molecular complexity index is 536. The van der Waals surface area contributed by atoms with Crippen molar-refractivity contribution in [2.75, 3.05) is 39.7 Å². The smallest absolute Gasteiger partial charge is 0.223 e. The minimum atomic E-state index is -4.44. The number of rotatable bonds is 8. The van der Waals surface area contributed by atoms with Crippen LogP contribution in [0.3, 0.4) is 0 Å². The van der Waals surface area contributed by atoms with Crippen LogP contribution < -0.4 is 18.9 Å². The zero-order valence-electron chi connectivity index (χ0n) is 13.9. The van der Waals surface area contributed by atoms with E-state index < -0.39 is 16.3 Å². The maximum absolute atomic E-state index is 10.6. The second-order valence-corrected chi connectivity index (χ2v) is 6.50. The van der Waals surface area contributed by atoms with Crippen molar-refractivity contribution >= 4 is 11.8 Å². The third kappa shape index (κ3) is 7.13. The number of hydrogen-bond acceptors (Lipinski definition) is 6. The van der Waals surface area contributed by atoms with Crippen LogP contribution in [-0.2, 0) is 4.29 Å². The average molecular weight is 343 g/mol. The highest BCUT2D eigenvalue weighted by atomic mass is 35.7. The first kappa shape index (κ1) is 19.6. The molecule has 1 aromatic rings. The van der Waals surface area contributed by atoms with Crippen molar-refractivity contribution < 1.29 is 28.5 Å². The Balaban J connectivity index is 2.73. The molecule has 1 rings (SSSR count). The molecule has 1 unspecified atom stereocenters. The fraction of sp³-hybridized carbons (Fsp3) is 0.375. The van der Waals surface area contributed by atoms with Crippen molar-refractivity contribution in [1.29, 1.82) is 0 Å². The van der Waals surface area contributed by atoms with Gasteiger partial charge in [0.2, 0.25) is 6.61 Å². The van der Waals surface area contributed by atoms with Crippen LogP contribution in [0.5, 0.6) is 0 Å². The van der Waals surface area contributed by atoms with Gasteiger partial charge in [-0.15, -0.1) is 0 Å². The van der Waals surface area contributed by atoms with E-state index in [0.29, 0.717) is 5.57 Å². The highest BCUT2D eigenvalue weighted by Gasteiger charge is 2.25. The summed E-state index contributed by atoms with van der Waals surface area (Å²) in [7, 11) is 3.02. The maximum Gasteiger partial charge on any atom is 0.223 e. The number of benzene rings is 1. The molecule has 128 valence electrons. The van der Waals surface area contributed by atoms with Crippen molar-refractivity contribution in [3.05, 3.63) is 48.1 Å². The predicted octanol–water partition coefficient (Wildman–Crippen LogP) is -0.834. The van der Waals surface area contributed by atoms with Crippen molar-refractivity contribution in [2.45, 2.75) is 6.04 Å². The SMILES string of the molecule is C=C(/C=C/c1ccc(N(C)C)cc1)C(CO[Cl+3]([O-])([O-])[O-])N(C)C. The fourth-order valence-corrected chi connectivity index (χ4v) is 2.20. The third-order valence-corrected chi connectivity index (χ3v) is 3.70. The van der Waals surface area contributed by atoms with Crippen molar-refractivity contribution in [3.8, 4) is 0 Å². The molecule has 0 amide bonds. The molecule has 1 aromatic carbocycles. The molecule has 0 aliphatic heterocycles. The fourth-order valence-electron chi connectivity index (χ4n) is 1.92. The average Bonchev–Trinajstić information content (AvgIpc) is 2.44. The lowest BCUT2D eigenvalue weighted by Gasteiger charge is -2.23. The van der Waals surface area contributed by atoms with Crippen molar-refractivity contribution in [3.63, 3.8) is 0 Å². The van der Waals surface area contributed by atoms with Gasteiger partial charge in [-0.05, 0) is 37.4 Å². The van der Waals surface area contributed by atoms with E-state index in [9.17, 15) is 14.0 Å². The Hall–Kier alpha value is -1.41. The molecule has 0 radical (unpaired) electrons. The van der Waals surface area contributed by atoms with Gasteiger partial charge in [0.05, 0.1) is 20.6 Å². The van der Waals surface area contributed by atoms with Crippen molar-refractivity contribution in [1.82, 2.24) is 4.90 Å². The highest BCUT2D eigenvalue weighted by molar-refractivity contribution is 5.57. The first-order chi connectivity index (χ1) is 10.6. The molecule has 0 saturated carbocycles. The highest BCUT2D eigenvalue weighted by Crippen LogP contribution is 2.15. The lowest BCUT2D eigenvalue weighted by molar-refractivity contribution is -1.92. The van der Waals surface area contributed by atoms with Crippen LogP contribution in [0.25, 0.3) is 6.08 Å². The molecular formula is C16H23ClN2O4. The van der Waals surface area contributed by atoms with E-state index in [-0.39, 0.29) is 6.61 Å². The topological polar surface area (TPSA) is 84.9 Å². The monoisotopic (exact) mass is 342 g/mol. The Labute approximate surface area is 139 Å². The number of anilines is 1. The molecule has 23 heavy (non-hydrogen) atoms. The van der Waals surface area contributed by atoms with Gasteiger partial charge in [0.15, 0.2) is 0 Å². The maximum atomic E-state index is 10.6. The lowest BCUT2D eigenvalue weighted by Crippen LogP contribution is -2.62. The molecule has 0 spiro atoms. The summed E-state index contributed by atoms with van der Waals surface area (Å²) in [5.74, 6) is 0. The summed E-state index contributed by atoms with van der Waals surface area (Å²) in [5, 5.41) is 0. The van der Waals surface area contributed by atoms with E-state index in [0.717, 1.165) is 11.3 Å². The molecular weight excluding hydrogens is 320 g/mol. The van der Waals surface area contributed by atoms with E-state index >= 15 is 0 Å². The van der Waals surface area contributed by atoms with Gasteiger partial charge in [-0.2, -0.15) is 14.0 Å². The Morgan fingerprint density at radius 1 is 1.17 bits per heavy atom. The second-order valence-electron chi connectivity index (χ2n) is 5.53. The molecule has 0 heterocycles. The molecule has 0 aliphatic carbocycles. The van der Waals surface area contributed by atoms with Gasteiger partial charge >= 0.3 is 0 Å². The Morgan fingerprint density at radius 2 is 1.74 bits per heavy atom. The van der Waals surface area contributed by atoms with Gasteiger partial charge in [-0.3, -0.25) is 4.90 Å². The van der Waals surface area contributed by atoms with Gasteiger partial charge < -0.3 is 4.90 Å². The largest absolute Gasteiger partial charge is 0.378 e. The van der Waals surface area contributed by atoms with Crippen LogP contribution in [0.2, 0.25) is 0 Å². The summed E-state index contributed by atoms with van der Waals surface area (Å²) in [4.78, 5) is 3.75. The zero-order chi connectivity index (χ0) is 17.6. The summed E-state index contributed by atoms with van der Waals surface area (Å²) in [5.41, 5.74) is 2.73. The van der Waals surface area contributed by atoms with Crippen molar-refractivity contribution in [2.24, 2.45) is 0 Å². The van der Waals surface area contributed by atoms with Gasteiger partial charge in [-0.25, -0.2) is 0 Å². The summed E-state index contributed by atoms with van der Waals surface area (Å²) in [6, 6.07) is 7.53. The molecule has 0 aliphatic rings. The van der Waals surface area contributed by atoms with Crippen LogP contribution in [0.1, 0.15) is 5.56 Å². The van der Waals surface area contributed by atoms with Crippen LogP contribution >= 0.6 is 0 Å². The van der Waals surface area contributed by atoms with Crippen LogP contribution in [0.15, 0.2) is 42.5 Å². The van der Waals surface area contributed by atoms with Crippen LogP contribution in [-0.4, -0.2) is 45.7 Å². The number of likely N-dealkylation sites (N-methyl/N-ethyl adjacent to an activating group) is 1. The first-order valence-corrected chi connectivity index (χ1v) is 8.19. The molecule has 0 bridgehead atoms. The Kier molecular flexibility index (Phi) is 7.21. The minimum absolute atomic E-state index is 0.275. The zero-order valence-corrected chi connectivity index (χ0v) is 14.6. The first-order valence-electron chi connectivity index (χ1n) is 6.96. The van der Waals surface area contributed by atoms with Gasteiger partial charge in [-0.1, -0.05) is 30.9 Å². The predicted molar refractivity (Wildman–Crippen MR) is 82.4 cm³/mol. The van der Waals surface area contributed by atoms with Crippen LogP contribution in [0.4, 0.5) is 5.69 Å². The molecule has 7 heteroatoms. The summed E-state index contributed by atoms with van der Waals surface area (Å²) in [6.45, 7) is 3.65. The van der Waals surface area contributed by atoms with Gasteiger partial charge in [0.25, 0.3) is 0 Å². The molecule has 0 N–H and O–H groups in total. The molecule has 6 nitrogen and oxygen atoms in total. The number of hydrogen-bond donors (Lipinski definition) is 0. The van der Waals surface area contributed by atoms with E-state index in [1.165, 1.54) is 0 Å². The van der Waals surface area contributed by atoms with E-state index in [1.54, 1.807) is 25.1 Å². The quantitative estimate of drug-likeness (QED) is 0.573. The third-order valence-electron chi connectivity index (χ3n) is 3.31. The molecule has 0 aromatic heterocycles. The van der Waals surface area contributed by atoms with Gasteiger partial charge in [0.1, 0.15) is 0 Å². The second kappa shape index (κ2) is 8.44.